The Hall–Kier alpha value is -3.09. The molecule has 0 saturated heterocycles. The first kappa shape index (κ1) is 19.2. The third kappa shape index (κ3) is 3.93. The number of ketones is 1. The van der Waals surface area contributed by atoms with E-state index in [0.29, 0.717) is 40.4 Å². The molecule has 7 nitrogen and oxygen atoms in total. The number of carboxylic acid groups (broad SMARTS) is 1. The summed E-state index contributed by atoms with van der Waals surface area (Å²) < 4.78 is 5.08. The number of hydrogen-bond acceptors (Lipinski definition) is 4. The van der Waals surface area contributed by atoms with E-state index in [9.17, 15) is 14.4 Å². The van der Waals surface area contributed by atoms with Crippen LogP contribution in [0.4, 0.5) is 5.69 Å². The summed E-state index contributed by atoms with van der Waals surface area (Å²) in [5.41, 5.74) is 3.00. The monoisotopic (exact) mass is 358 g/mol. The molecule has 2 aromatic rings. The van der Waals surface area contributed by atoms with Crippen molar-refractivity contribution in [3.05, 3.63) is 46.8 Å². The predicted molar refractivity (Wildman–Crippen MR) is 97.2 cm³/mol. The van der Waals surface area contributed by atoms with Crippen LogP contribution in [-0.4, -0.2) is 41.4 Å². The Kier molecular flexibility index (Phi) is 5.82. The molecule has 2 N–H and O–H groups in total. The lowest BCUT2D eigenvalue weighted by Crippen LogP contribution is -2.27. The van der Waals surface area contributed by atoms with Crippen molar-refractivity contribution in [3.8, 4) is 5.75 Å². The van der Waals surface area contributed by atoms with Gasteiger partial charge in [-0.1, -0.05) is 6.92 Å². The minimum absolute atomic E-state index is 0.0720. The summed E-state index contributed by atoms with van der Waals surface area (Å²) in [6.45, 7) is 4.74. The van der Waals surface area contributed by atoms with Gasteiger partial charge in [-0.15, -0.1) is 0 Å². The molecule has 0 aliphatic heterocycles. The highest BCUT2D eigenvalue weighted by Gasteiger charge is 2.24. The van der Waals surface area contributed by atoms with Gasteiger partial charge in [0.1, 0.15) is 11.4 Å². The second-order valence-corrected chi connectivity index (χ2v) is 5.93. The molecule has 1 heterocycles. The standard InChI is InChI=1S/C19H22N2O5/c1-5-15-17(12(3)22)11(2)20-18(15)19(25)21(4)13-6-8-14(9-7-13)26-10-16(23)24/h6-9,20H,5,10H2,1-4H3,(H,23,24). The molecule has 0 fully saturated rings. The average Bonchev–Trinajstić information content (AvgIpc) is 2.95. The van der Waals surface area contributed by atoms with Gasteiger partial charge in [0.25, 0.3) is 5.91 Å². The summed E-state index contributed by atoms with van der Waals surface area (Å²) in [5.74, 6) is -0.980. The molecule has 0 atom stereocenters. The molecule has 0 aliphatic rings. The van der Waals surface area contributed by atoms with E-state index in [0.717, 1.165) is 0 Å². The van der Waals surface area contributed by atoms with Crippen LogP contribution in [0.15, 0.2) is 24.3 Å². The molecule has 7 heteroatoms. The number of aromatic amines is 1. The molecule has 26 heavy (non-hydrogen) atoms. The normalized spacial score (nSPS) is 10.5. The topological polar surface area (TPSA) is 99.7 Å². The molecule has 0 spiro atoms. The lowest BCUT2D eigenvalue weighted by Gasteiger charge is -2.18. The van der Waals surface area contributed by atoms with Gasteiger partial charge in [-0.2, -0.15) is 0 Å². The third-order valence-corrected chi connectivity index (χ3v) is 4.10. The van der Waals surface area contributed by atoms with Gasteiger partial charge in [0.2, 0.25) is 0 Å². The molecule has 0 bridgehead atoms. The highest BCUT2D eigenvalue weighted by atomic mass is 16.5. The minimum Gasteiger partial charge on any atom is -0.482 e. The van der Waals surface area contributed by atoms with E-state index in [4.69, 9.17) is 9.84 Å². The first-order chi connectivity index (χ1) is 12.3. The number of carboxylic acids is 1. The molecular formula is C19H22N2O5. The molecule has 2 rings (SSSR count). The van der Waals surface area contributed by atoms with E-state index in [-0.39, 0.29) is 11.7 Å². The summed E-state index contributed by atoms with van der Waals surface area (Å²) in [5, 5.41) is 8.62. The van der Waals surface area contributed by atoms with Crippen LogP contribution >= 0.6 is 0 Å². The van der Waals surface area contributed by atoms with E-state index in [1.54, 1.807) is 38.2 Å². The first-order valence-corrected chi connectivity index (χ1v) is 8.21. The molecule has 0 saturated carbocycles. The highest BCUT2D eigenvalue weighted by molar-refractivity contribution is 6.08. The van der Waals surface area contributed by atoms with Crippen molar-refractivity contribution in [2.24, 2.45) is 0 Å². The Morgan fingerprint density at radius 2 is 1.81 bits per heavy atom. The fourth-order valence-electron chi connectivity index (χ4n) is 2.89. The van der Waals surface area contributed by atoms with Gasteiger partial charge in [0, 0.05) is 24.0 Å². The van der Waals surface area contributed by atoms with E-state index in [1.165, 1.54) is 11.8 Å². The minimum atomic E-state index is -1.06. The van der Waals surface area contributed by atoms with Gasteiger partial charge in [-0.25, -0.2) is 4.79 Å². The van der Waals surface area contributed by atoms with E-state index in [1.807, 2.05) is 6.92 Å². The molecule has 0 aliphatic carbocycles. The van der Waals surface area contributed by atoms with Crippen molar-refractivity contribution in [2.75, 3.05) is 18.6 Å². The maximum absolute atomic E-state index is 12.9. The number of carbonyl (C=O) groups excluding carboxylic acids is 2. The third-order valence-electron chi connectivity index (χ3n) is 4.10. The largest absolute Gasteiger partial charge is 0.482 e. The van der Waals surface area contributed by atoms with Gasteiger partial charge in [0.05, 0.1) is 0 Å². The van der Waals surface area contributed by atoms with Crippen LogP contribution in [0.2, 0.25) is 0 Å². The van der Waals surface area contributed by atoms with Crippen molar-refractivity contribution in [1.82, 2.24) is 4.98 Å². The van der Waals surface area contributed by atoms with Crippen molar-refractivity contribution in [2.45, 2.75) is 27.2 Å². The number of aryl methyl sites for hydroxylation is 1. The van der Waals surface area contributed by atoms with Crippen LogP contribution < -0.4 is 9.64 Å². The van der Waals surface area contributed by atoms with Crippen LogP contribution in [0.1, 0.15) is 46.0 Å². The molecule has 0 unspecified atom stereocenters. The summed E-state index contributed by atoms with van der Waals surface area (Å²) in [6, 6.07) is 6.54. The lowest BCUT2D eigenvalue weighted by molar-refractivity contribution is -0.139. The second-order valence-electron chi connectivity index (χ2n) is 5.93. The van der Waals surface area contributed by atoms with Crippen LogP contribution in [0.25, 0.3) is 0 Å². The summed E-state index contributed by atoms with van der Waals surface area (Å²) in [4.78, 5) is 39.8. The zero-order valence-electron chi connectivity index (χ0n) is 15.3. The Bertz CT molecular complexity index is 836. The van der Waals surface area contributed by atoms with Crippen molar-refractivity contribution in [3.63, 3.8) is 0 Å². The van der Waals surface area contributed by atoms with Crippen LogP contribution in [0, 0.1) is 6.92 Å². The number of nitrogens with one attached hydrogen (secondary N) is 1. The van der Waals surface area contributed by atoms with Crippen molar-refractivity contribution in [1.29, 1.82) is 0 Å². The number of nitrogens with zero attached hydrogens (tertiary/aromatic N) is 1. The number of amides is 1. The molecule has 1 amide bonds. The average molecular weight is 358 g/mol. The number of benzene rings is 1. The number of ether oxygens (including phenoxy) is 1. The van der Waals surface area contributed by atoms with Gasteiger partial charge in [-0.05, 0) is 50.1 Å². The van der Waals surface area contributed by atoms with Crippen LogP contribution in [0.5, 0.6) is 5.75 Å². The zero-order valence-corrected chi connectivity index (χ0v) is 15.3. The smallest absolute Gasteiger partial charge is 0.341 e. The number of rotatable bonds is 7. The molecular weight excluding hydrogens is 336 g/mol. The van der Waals surface area contributed by atoms with Crippen molar-refractivity contribution >= 4 is 23.3 Å². The van der Waals surface area contributed by atoms with Gasteiger partial charge in [0.15, 0.2) is 12.4 Å². The summed E-state index contributed by atoms with van der Waals surface area (Å²) in [6.07, 6.45) is 0.566. The number of H-pyrrole nitrogens is 1. The Morgan fingerprint density at radius 1 is 1.19 bits per heavy atom. The summed E-state index contributed by atoms with van der Waals surface area (Å²) in [7, 11) is 1.64. The van der Waals surface area contributed by atoms with Gasteiger partial charge >= 0.3 is 5.97 Å². The number of Topliss-reactive ketones (excluding diaryl/α,β-unsaturated/α-hetero) is 1. The Balaban J connectivity index is 2.26. The Labute approximate surface area is 151 Å². The van der Waals surface area contributed by atoms with Gasteiger partial charge in [-0.3, -0.25) is 9.59 Å². The lowest BCUT2D eigenvalue weighted by atomic mass is 10.0. The van der Waals surface area contributed by atoms with E-state index in [2.05, 4.69) is 4.98 Å². The van der Waals surface area contributed by atoms with Crippen LogP contribution in [0.3, 0.4) is 0 Å². The Morgan fingerprint density at radius 3 is 2.31 bits per heavy atom. The highest BCUT2D eigenvalue weighted by Crippen LogP contribution is 2.24. The maximum Gasteiger partial charge on any atom is 0.341 e. The molecule has 1 aromatic heterocycles. The zero-order chi connectivity index (χ0) is 19.4. The number of carbonyl (C=O) groups is 3. The second kappa shape index (κ2) is 7.86. The number of anilines is 1. The predicted octanol–water partition coefficient (Wildman–Crippen LogP) is 2.83. The fourth-order valence-corrected chi connectivity index (χ4v) is 2.89. The molecule has 1 aromatic carbocycles. The first-order valence-electron chi connectivity index (χ1n) is 8.21. The molecule has 0 radical (unpaired) electrons. The van der Waals surface area contributed by atoms with Gasteiger partial charge < -0.3 is 19.7 Å². The van der Waals surface area contributed by atoms with E-state index < -0.39 is 12.6 Å². The number of aliphatic carboxylic acids is 1. The number of hydrogen-bond donors (Lipinski definition) is 2. The molecule has 138 valence electrons. The number of aromatic nitrogens is 1. The van der Waals surface area contributed by atoms with E-state index >= 15 is 0 Å². The summed E-state index contributed by atoms with van der Waals surface area (Å²) >= 11 is 0. The van der Waals surface area contributed by atoms with Crippen molar-refractivity contribution < 1.29 is 24.2 Å². The fraction of sp³-hybridized carbons (Fsp3) is 0.316. The van der Waals surface area contributed by atoms with Crippen LogP contribution in [-0.2, 0) is 11.2 Å². The quantitative estimate of drug-likeness (QED) is 0.742. The SMILES string of the molecule is CCc1c(C(=O)N(C)c2ccc(OCC(=O)O)cc2)[nH]c(C)c1C(C)=O. The maximum atomic E-state index is 12.9.